The van der Waals surface area contributed by atoms with Crippen LogP contribution in [0, 0.1) is 0 Å². The van der Waals surface area contributed by atoms with E-state index in [1.54, 1.807) is 0 Å². The Balaban J connectivity index is 1.21. The maximum Gasteiger partial charge on any atom is 0.0561 e. The highest BCUT2D eigenvalue weighted by molar-refractivity contribution is 6.12. The second-order valence-electron chi connectivity index (χ2n) is 13.0. The van der Waals surface area contributed by atoms with Crippen molar-refractivity contribution in [1.29, 1.82) is 0 Å². The molecule has 10 rings (SSSR count). The Morgan fingerprint density at radius 3 is 1.41 bits per heavy atom. The van der Waals surface area contributed by atoms with Gasteiger partial charge >= 0.3 is 0 Å². The van der Waals surface area contributed by atoms with Crippen LogP contribution in [0.2, 0.25) is 0 Å². The molecular weight excluding hydrogens is 619 g/mol. The molecule has 3 nitrogen and oxygen atoms in total. The summed E-state index contributed by atoms with van der Waals surface area (Å²) in [4.78, 5) is 2.40. The van der Waals surface area contributed by atoms with Crippen LogP contribution >= 0.6 is 0 Å². The SMILES string of the molecule is c1ccc(N(c2ccc3c4ccccc4n(-c4ccccc4)c3c2)c2ccccc2-c2ccc3c4ccccc4n(-c4ccccc4)c3c2)cc1. The van der Waals surface area contributed by atoms with Crippen molar-refractivity contribution in [3.63, 3.8) is 0 Å². The molecule has 51 heavy (non-hydrogen) atoms. The van der Waals surface area contributed by atoms with E-state index >= 15 is 0 Å². The smallest absolute Gasteiger partial charge is 0.0561 e. The maximum absolute atomic E-state index is 2.40. The summed E-state index contributed by atoms with van der Waals surface area (Å²) in [6, 6.07) is 72.1. The van der Waals surface area contributed by atoms with Gasteiger partial charge < -0.3 is 14.0 Å². The molecule has 0 spiro atoms. The van der Waals surface area contributed by atoms with Crippen LogP contribution in [0.4, 0.5) is 17.1 Å². The fourth-order valence-corrected chi connectivity index (χ4v) is 7.86. The highest BCUT2D eigenvalue weighted by Crippen LogP contribution is 2.44. The molecule has 0 aliphatic heterocycles. The summed E-state index contributed by atoms with van der Waals surface area (Å²) in [5, 5.41) is 4.98. The van der Waals surface area contributed by atoms with Gasteiger partial charge in [0.05, 0.1) is 27.8 Å². The summed E-state index contributed by atoms with van der Waals surface area (Å²) in [5.41, 5.74) is 12.7. The minimum absolute atomic E-state index is 1.10. The molecule has 0 aliphatic carbocycles. The zero-order valence-electron chi connectivity index (χ0n) is 27.9. The molecule has 0 N–H and O–H groups in total. The van der Waals surface area contributed by atoms with Crippen molar-refractivity contribution in [3.05, 3.63) is 200 Å². The molecule has 2 aromatic heterocycles. The molecule has 0 amide bonds. The molecule has 2 heterocycles. The minimum atomic E-state index is 1.10. The summed E-state index contributed by atoms with van der Waals surface area (Å²) >= 11 is 0. The number of anilines is 3. The molecule has 0 bridgehead atoms. The first kappa shape index (κ1) is 29.1. The van der Waals surface area contributed by atoms with Gasteiger partial charge in [-0.15, -0.1) is 0 Å². The number of hydrogen-bond acceptors (Lipinski definition) is 1. The van der Waals surface area contributed by atoms with Crippen LogP contribution in [0.15, 0.2) is 200 Å². The average Bonchev–Trinajstić information content (AvgIpc) is 3.71. The Morgan fingerprint density at radius 1 is 0.314 bits per heavy atom. The Hall–Kier alpha value is -6.84. The third kappa shape index (κ3) is 4.74. The molecule has 0 atom stereocenters. The monoisotopic (exact) mass is 651 g/mol. The summed E-state index contributed by atoms with van der Waals surface area (Å²) < 4.78 is 4.78. The first-order valence-electron chi connectivity index (χ1n) is 17.5. The van der Waals surface area contributed by atoms with Gasteiger partial charge in [-0.1, -0.05) is 127 Å². The second-order valence-corrected chi connectivity index (χ2v) is 13.0. The minimum Gasteiger partial charge on any atom is -0.310 e. The molecule has 0 saturated carbocycles. The van der Waals surface area contributed by atoms with Crippen molar-refractivity contribution in [2.75, 3.05) is 4.90 Å². The number of rotatable bonds is 6. The third-order valence-corrected chi connectivity index (χ3v) is 10.1. The predicted molar refractivity (Wildman–Crippen MR) is 215 cm³/mol. The van der Waals surface area contributed by atoms with Gasteiger partial charge in [-0.3, -0.25) is 0 Å². The Kier molecular flexibility index (Phi) is 6.81. The first-order valence-corrected chi connectivity index (χ1v) is 17.5. The van der Waals surface area contributed by atoms with Gasteiger partial charge in [-0.05, 0) is 78.4 Å². The lowest BCUT2D eigenvalue weighted by Gasteiger charge is -2.28. The lowest BCUT2D eigenvalue weighted by molar-refractivity contribution is 1.18. The molecule has 0 fully saturated rings. The van der Waals surface area contributed by atoms with Crippen molar-refractivity contribution in [2.45, 2.75) is 0 Å². The second kappa shape index (κ2) is 11.9. The molecule has 8 aromatic carbocycles. The van der Waals surface area contributed by atoms with E-state index in [4.69, 9.17) is 0 Å². The van der Waals surface area contributed by atoms with Crippen molar-refractivity contribution in [1.82, 2.24) is 9.13 Å². The molecule has 240 valence electrons. The van der Waals surface area contributed by atoms with Gasteiger partial charge in [0.25, 0.3) is 0 Å². The fraction of sp³-hybridized carbons (Fsp3) is 0. The summed E-state index contributed by atoms with van der Waals surface area (Å²) in [6.07, 6.45) is 0. The van der Waals surface area contributed by atoms with E-state index in [1.165, 1.54) is 49.2 Å². The molecule has 3 heteroatoms. The number of para-hydroxylation sites is 6. The van der Waals surface area contributed by atoms with Crippen molar-refractivity contribution >= 4 is 60.7 Å². The van der Waals surface area contributed by atoms with Crippen LogP contribution in [0.1, 0.15) is 0 Å². The van der Waals surface area contributed by atoms with E-state index in [0.717, 1.165) is 34.0 Å². The highest BCUT2D eigenvalue weighted by atomic mass is 15.1. The van der Waals surface area contributed by atoms with E-state index < -0.39 is 0 Å². The third-order valence-electron chi connectivity index (χ3n) is 10.1. The lowest BCUT2D eigenvalue weighted by atomic mass is 10.00. The number of fused-ring (bicyclic) bond motifs is 6. The lowest BCUT2D eigenvalue weighted by Crippen LogP contribution is -2.11. The topological polar surface area (TPSA) is 13.1 Å². The molecule has 0 saturated heterocycles. The highest BCUT2D eigenvalue weighted by Gasteiger charge is 2.21. The van der Waals surface area contributed by atoms with Gasteiger partial charge in [0.15, 0.2) is 0 Å². The van der Waals surface area contributed by atoms with Crippen molar-refractivity contribution in [2.24, 2.45) is 0 Å². The Morgan fingerprint density at radius 2 is 0.784 bits per heavy atom. The summed E-state index contributed by atoms with van der Waals surface area (Å²) in [5.74, 6) is 0. The largest absolute Gasteiger partial charge is 0.310 e. The van der Waals surface area contributed by atoms with Crippen LogP contribution in [0.25, 0.3) is 66.1 Å². The van der Waals surface area contributed by atoms with Crippen LogP contribution in [0.5, 0.6) is 0 Å². The molecule has 0 aliphatic rings. The van der Waals surface area contributed by atoms with Crippen LogP contribution < -0.4 is 4.90 Å². The molecule has 0 unspecified atom stereocenters. The zero-order valence-corrected chi connectivity index (χ0v) is 27.9. The number of aromatic nitrogens is 2. The Bertz CT molecular complexity index is 2850. The van der Waals surface area contributed by atoms with Crippen LogP contribution in [-0.4, -0.2) is 9.13 Å². The van der Waals surface area contributed by atoms with Gasteiger partial charge in [0, 0.05) is 49.9 Å². The maximum atomic E-state index is 2.40. The number of nitrogens with zero attached hydrogens (tertiary/aromatic N) is 3. The number of benzene rings is 8. The van der Waals surface area contributed by atoms with Crippen LogP contribution in [-0.2, 0) is 0 Å². The predicted octanol–water partition coefficient (Wildman–Crippen LogP) is 13.0. The number of hydrogen-bond donors (Lipinski definition) is 0. The molecule has 0 radical (unpaired) electrons. The normalized spacial score (nSPS) is 11.5. The van der Waals surface area contributed by atoms with E-state index in [2.05, 4.69) is 214 Å². The summed E-state index contributed by atoms with van der Waals surface area (Å²) in [6.45, 7) is 0. The van der Waals surface area contributed by atoms with E-state index in [0.29, 0.717) is 0 Å². The Labute approximate surface area is 296 Å². The average molecular weight is 652 g/mol. The molecular formula is C48H33N3. The van der Waals surface area contributed by atoms with Gasteiger partial charge in [0.2, 0.25) is 0 Å². The van der Waals surface area contributed by atoms with Gasteiger partial charge in [0.1, 0.15) is 0 Å². The van der Waals surface area contributed by atoms with E-state index in [9.17, 15) is 0 Å². The standard InChI is InChI=1S/C48H33N3/c1-4-16-35(17-5-1)49(38-29-31-43-41-24-12-15-27-46(41)51(48(43)33-38)37-20-8-3-9-21-37)44-25-13-10-22-39(44)34-28-30-42-40-23-11-14-26-45(40)50(47(42)32-34)36-18-6-2-7-19-36/h1-33H. The molecule has 10 aromatic rings. The quantitative estimate of drug-likeness (QED) is 0.174. The van der Waals surface area contributed by atoms with E-state index in [-0.39, 0.29) is 0 Å². The van der Waals surface area contributed by atoms with Crippen molar-refractivity contribution in [3.8, 4) is 22.5 Å². The van der Waals surface area contributed by atoms with Gasteiger partial charge in [-0.25, -0.2) is 0 Å². The summed E-state index contributed by atoms with van der Waals surface area (Å²) in [7, 11) is 0. The zero-order chi connectivity index (χ0) is 33.7. The fourth-order valence-electron chi connectivity index (χ4n) is 7.86. The van der Waals surface area contributed by atoms with E-state index in [1.807, 2.05) is 0 Å². The van der Waals surface area contributed by atoms with Gasteiger partial charge in [-0.2, -0.15) is 0 Å². The first-order chi connectivity index (χ1) is 25.3. The van der Waals surface area contributed by atoms with Crippen LogP contribution in [0.3, 0.4) is 0 Å². The van der Waals surface area contributed by atoms with Crippen molar-refractivity contribution < 1.29 is 0 Å².